The third-order valence-corrected chi connectivity index (χ3v) is 8.30. The summed E-state index contributed by atoms with van der Waals surface area (Å²) in [5, 5.41) is 19.0. The second-order valence-electron chi connectivity index (χ2n) is 11.4. The maximum atomic E-state index is 14.9. The molecule has 1 atom stereocenters. The maximum Gasteiger partial charge on any atom is 0.317 e. The molecule has 2 aromatic carbocycles. The summed E-state index contributed by atoms with van der Waals surface area (Å²) >= 11 is 0. The Morgan fingerprint density at radius 3 is 2.48 bits per heavy atom. The summed E-state index contributed by atoms with van der Waals surface area (Å²) in [5.41, 5.74) is 3.77. The Kier molecular flexibility index (Phi) is 6.46. The van der Waals surface area contributed by atoms with Crippen molar-refractivity contribution in [2.45, 2.75) is 56.7 Å². The highest BCUT2D eigenvalue weighted by molar-refractivity contribution is 6.19. The molecule has 44 heavy (non-hydrogen) atoms. The molecule has 8 rings (SSSR count). The molecule has 3 aliphatic rings. The van der Waals surface area contributed by atoms with Crippen molar-refractivity contribution in [2.24, 2.45) is 4.99 Å². The lowest BCUT2D eigenvalue weighted by atomic mass is 10.0. The van der Waals surface area contributed by atoms with Gasteiger partial charge in [-0.05, 0) is 31.7 Å². The number of nitrogens with zero attached hydrogens (tertiary/aromatic N) is 7. The van der Waals surface area contributed by atoms with Gasteiger partial charge in [0.15, 0.2) is 0 Å². The van der Waals surface area contributed by atoms with Crippen LogP contribution in [0, 0.1) is 5.82 Å². The van der Waals surface area contributed by atoms with Gasteiger partial charge in [-0.3, -0.25) is 9.48 Å². The van der Waals surface area contributed by atoms with Gasteiger partial charge in [0.1, 0.15) is 17.3 Å². The first-order valence-electron chi connectivity index (χ1n) is 14.9. The maximum absolute atomic E-state index is 14.9. The molecule has 1 amide bonds. The fraction of sp³-hybridized carbons (Fsp3) is 0.281. The van der Waals surface area contributed by atoms with Crippen LogP contribution in [0.2, 0.25) is 0 Å². The van der Waals surface area contributed by atoms with Crippen LogP contribution in [0.1, 0.15) is 67.4 Å². The van der Waals surface area contributed by atoms with Crippen molar-refractivity contribution >= 4 is 23.3 Å². The van der Waals surface area contributed by atoms with E-state index < -0.39 is 17.9 Å². The van der Waals surface area contributed by atoms with E-state index in [-0.39, 0.29) is 23.6 Å². The van der Waals surface area contributed by atoms with Crippen LogP contribution in [0.3, 0.4) is 0 Å². The van der Waals surface area contributed by atoms with Crippen LogP contribution in [-0.4, -0.2) is 47.7 Å². The molecule has 1 aliphatic heterocycles. The number of carbonyl (C=O) groups is 1. The molecule has 11 nitrogen and oxygen atoms in total. The summed E-state index contributed by atoms with van der Waals surface area (Å²) in [6.07, 6.45) is 11.0. The van der Waals surface area contributed by atoms with Crippen LogP contribution in [0.15, 0.2) is 76.5 Å². The Morgan fingerprint density at radius 1 is 0.909 bits per heavy atom. The highest BCUT2D eigenvalue weighted by Crippen LogP contribution is 2.39. The Hall–Kier alpha value is -5.26. The Morgan fingerprint density at radius 2 is 1.70 bits per heavy atom. The number of aliphatic imine (C=N–C) groups is 1. The van der Waals surface area contributed by atoms with E-state index in [1.54, 1.807) is 24.5 Å². The minimum absolute atomic E-state index is 0.0114. The molecule has 5 aromatic rings. The highest BCUT2D eigenvalue weighted by Gasteiger charge is 2.30. The zero-order chi connectivity index (χ0) is 29.6. The number of carbonyl (C=O) groups excluding carboxylic acids is 1. The molecule has 2 aliphatic carbocycles. The zero-order valence-electron chi connectivity index (χ0n) is 23.7. The van der Waals surface area contributed by atoms with Gasteiger partial charge in [0.2, 0.25) is 6.17 Å². The second kappa shape index (κ2) is 10.8. The van der Waals surface area contributed by atoms with Gasteiger partial charge in [0, 0.05) is 41.2 Å². The minimum atomic E-state index is -1.17. The lowest BCUT2D eigenvalue weighted by molar-refractivity contribution is -0.116. The Labute approximate surface area is 251 Å². The number of para-hydroxylation sites is 1. The van der Waals surface area contributed by atoms with E-state index in [0.29, 0.717) is 28.5 Å². The molecule has 2 N–H and O–H groups in total. The first-order chi connectivity index (χ1) is 21.6. The Balaban J connectivity index is 1.13. The van der Waals surface area contributed by atoms with E-state index in [9.17, 15) is 9.18 Å². The van der Waals surface area contributed by atoms with Gasteiger partial charge in [0.25, 0.3) is 11.8 Å². The van der Waals surface area contributed by atoms with Gasteiger partial charge in [-0.15, -0.1) is 5.10 Å². The molecule has 3 aromatic heterocycles. The molecule has 0 radical (unpaired) electrons. The summed E-state index contributed by atoms with van der Waals surface area (Å²) in [6.45, 7) is 0. The number of fused-ring (bicyclic) bond motifs is 1. The number of benzodiazepines with no additional fused rings is 1. The van der Waals surface area contributed by atoms with Crippen molar-refractivity contribution in [1.82, 2.24) is 29.9 Å². The average molecular weight is 590 g/mol. The number of halogens is 1. The van der Waals surface area contributed by atoms with Gasteiger partial charge < -0.3 is 15.1 Å². The van der Waals surface area contributed by atoms with E-state index in [0.717, 1.165) is 55.5 Å². The molecule has 0 spiro atoms. The zero-order valence-corrected chi connectivity index (χ0v) is 23.7. The van der Waals surface area contributed by atoms with Crippen molar-refractivity contribution < 1.29 is 13.6 Å². The molecular weight excluding hydrogens is 561 g/mol. The standard InChI is InChI=1S/C32H28FN9O2/c33-24-12-6-11-22-25(18-7-2-1-3-8-18)36-29(30(43)37-27(22)24)38-32-40-39-31(44-32)23-17-42(21-9-4-5-10-21)41-26(23)20-15-34-28(35-16-20)19-13-14-19/h1-3,6-8,11-12,15-17,19,21,29H,4-5,9-10,13-14H2,(H,37,43)(H,38,40)/t29-/m1/s1. The number of hydrogen-bond acceptors (Lipinski definition) is 9. The first-order valence-corrected chi connectivity index (χ1v) is 14.9. The smallest absolute Gasteiger partial charge is 0.317 e. The number of aromatic nitrogens is 6. The Bertz CT molecular complexity index is 1870. The summed E-state index contributed by atoms with van der Waals surface area (Å²) in [5.74, 6) is 0.410. The number of anilines is 2. The number of nitrogens with one attached hydrogen (secondary N) is 2. The van der Waals surface area contributed by atoms with Crippen LogP contribution in [0.25, 0.3) is 22.7 Å². The van der Waals surface area contributed by atoms with Crippen molar-refractivity contribution in [1.29, 1.82) is 0 Å². The summed E-state index contributed by atoms with van der Waals surface area (Å²) in [7, 11) is 0. The fourth-order valence-corrected chi connectivity index (χ4v) is 5.86. The fourth-order valence-electron chi connectivity index (χ4n) is 5.86. The molecule has 0 unspecified atom stereocenters. The van der Waals surface area contributed by atoms with Crippen molar-refractivity contribution in [3.63, 3.8) is 0 Å². The van der Waals surface area contributed by atoms with Gasteiger partial charge in [-0.25, -0.2) is 19.4 Å². The predicted octanol–water partition coefficient (Wildman–Crippen LogP) is 5.75. The van der Waals surface area contributed by atoms with Gasteiger partial charge in [-0.2, -0.15) is 5.10 Å². The van der Waals surface area contributed by atoms with Gasteiger partial charge >= 0.3 is 6.01 Å². The van der Waals surface area contributed by atoms with E-state index >= 15 is 0 Å². The average Bonchev–Trinajstić information content (AvgIpc) is 3.39. The number of hydrogen-bond donors (Lipinski definition) is 2. The summed E-state index contributed by atoms with van der Waals surface area (Å²) in [4.78, 5) is 27.2. The SMILES string of the molecule is O=C1Nc2c(F)cccc2C(c2ccccc2)=N[C@@H]1Nc1nnc(-c2cn(C3CCCC3)nc2-c2cnc(C3CC3)nc2)o1. The molecule has 4 heterocycles. The van der Waals surface area contributed by atoms with E-state index in [2.05, 4.69) is 30.8 Å². The number of benzene rings is 2. The van der Waals surface area contributed by atoms with Crippen LogP contribution in [-0.2, 0) is 4.79 Å². The van der Waals surface area contributed by atoms with Crippen molar-refractivity contribution in [3.05, 3.63) is 89.9 Å². The van der Waals surface area contributed by atoms with E-state index in [4.69, 9.17) is 14.5 Å². The van der Waals surface area contributed by atoms with Gasteiger partial charge in [0.05, 0.1) is 23.0 Å². The van der Waals surface area contributed by atoms with Crippen LogP contribution < -0.4 is 10.6 Å². The highest BCUT2D eigenvalue weighted by atomic mass is 19.1. The van der Waals surface area contributed by atoms with Gasteiger partial charge in [-0.1, -0.05) is 60.4 Å². The monoisotopic (exact) mass is 589 g/mol. The van der Waals surface area contributed by atoms with Crippen LogP contribution in [0.4, 0.5) is 16.1 Å². The predicted molar refractivity (Wildman–Crippen MR) is 161 cm³/mol. The van der Waals surface area contributed by atoms with E-state index in [1.165, 1.54) is 6.07 Å². The molecule has 12 heteroatoms. The van der Waals surface area contributed by atoms with Crippen molar-refractivity contribution in [2.75, 3.05) is 10.6 Å². The molecule has 0 saturated heterocycles. The molecular formula is C32H28FN9O2. The van der Waals surface area contributed by atoms with E-state index in [1.807, 2.05) is 41.2 Å². The third-order valence-electron chi connectivity index (χ3n) is 8.30. The lowest BCUT2D eigenvalue weighted by Gasteiger charge is -2.11. The molecule has 0 bridgehead atoms. The summed E-state index contributed by atoms with van der Waals surface area (Å²) in [6, 6.07) is 14.2. The molecule has 2 saturated carbocycles. The topological polar surface area (TPSA) is 136 Å². The van der Waals surface area contributed by atoms with Crippen LogP contribution in [0.5, 0.6) is 0 Å². The quantitative estimate of drug-likeness (QED) is 0.245. The number of rotatable bonds is 7. The number of amides is 1. The third kappa shape index (κ3) is 4.91. The summed E-state index contributed by atoms with van der Waals surface area (Å²) < 4.78 is 22.9. The second-order valence-corrected chi connectivity index (χ2v) is 11.4. The van der Waals surface area contributed by atoms with Crippen LogP contribution >= 0.6 is 0 Å². The molecule has 2 fully saturated rings. The lowest BCUT2D eigenvalue weighted by Crippen LogP contribution is -2.32. The normalized spacial score (nSPS) is 18.4. The minimum Gasteiger partial charge on any atom is -0.403 e. The van der Waals surface area contributed by atoms with Crippen molar-refractivity contribution in [3.8, 4) is 22.7 Å². The largest absolute Gasteiger partial charge is 0.403 e. The first kappa shape index (κ1) is 26.4. The molecule has 220 valence electrons.